The van der Waals surface area contributed by atoms with Gasteiger partial charge >= 0.3 is 11.9 Å². The second kappa shape index (κ2) is 21.9. The number of hydrogen-bond donors (Lipinski definition) is 4. The number of amides is 4. The van der Waals surface area contributed by atoms with Crippen LogP contribution < -0.4 is 11.5 Å². The average Bonchev–Trinajstić information content (AvgIpc) is 2.89. The van der Waals surface area contributed by atoms with Gasteiger partial charge < -0.3 is 41.3 Å². The van der Waals surface area contributed by atoms with Gasteiger partial charge in [0.2, 0.25) is 25.6 Å². The van der Waals surface area contributed by atoms with Crippen molar-refractivity contribution >= 4 is 49.0 Å². The van der Waals surface area contributed by atoms with Crippen molar-refractivity contribution in [3.63, 3.8) is 0 Å². The van der Waals surface area contributed by atoms with Gasteiger partial charge in [0.25, 0.3) is 0 Å². The molecule has 0 spiro atoms. The van der Waals surface area contributed by atoms with E-state index in [4.69, 9.17) is 21.7 Å². The van der Waals surface area contributed by atoms with Crippen LogP contribution in [0.2, 0.25) is 0 Å². The first-order valence-electron chi connectivity index (χ1n) is 11.2. The van der Waals surface area contributed by atoms with E-state index in [1.807, 2.05) is 0 Å². The van der Waals surface area contributed by atoms with Gasteiger partial charge in [-0.15, -0.1) is 0 Å². The largest absolute Gasteiger partial charge is 0.478 e. The Balaban J connectivity index is -0.000000558. The molecule has 2 aromatic rings. The lowest BCUT2D eigenvalue weighted by Gasteiger charge is -2.10. The first kappa shape index (κ1) is 39.4. The normalized spacial score (nSPS) is 8.50. The fourth-order valence-electron chi connectivity index (χ4n) is 1.88. The Bertz CT molecular complexity index is 979. The van der Waals surface area contributed by atoms with Crippen LogP contribution in [-0.4, -0.2) is 124 Å². The molecule has 0 aliphatic rings. The van der Waals surface area contributed by atoms with Crippen LogP contribution in [-0.2, 0) is 19.2 Å². The van der Waals surface area contributed by atoms with Crippen molar-refractivity contribution in [3.8, 4) is 11.1 Å². The lowest BCUT2D eigenvalue weighted by atomic mass is 9.98. The van der Waals surface area contributed by atoms with Gasteiger partial charge in [-0.2, -0.15) is 0 Å². The molecule has 0 saturated carbocycles. The second-order valence-electron chi connectivity index (χ2n) is 8.49. The van der Waals surface area contributed by atoms with Gasteiger partial charge in [-0.1, -0.05) is 12.1 Å². The maximum absolute atomic E-state index is 10.8. The minimum Gasteiger partial charge on any atom is -0.478 e. The molecule has 4 amide bonds. The van der Waals surface area contributed by atoms with Crippen LogP contribution in [0.4, 0.5) is 11.4 Å². The van der Waals surface area contributed by atoms with Crippen molar-refractivity contribution in [1.82, 2.24) is 19.6 Å². The number of nitrogens with two attached hydrogens (primary N) is 2. The molecule has 0 aromatic heterocycles. The van der Waals surface area contributed by atoms with Gasteiger partial charge in [0, 0.05) is 78.9 Å². The van der Waals surface area contributed by atoms with E-state index in [1.54, 1.807) is 68.5 Å². The minimum atomic E-state index is -1.07. The summed E-state index contributed by atoms with van der Waals surface area (Å²) in [5, 5.41) is 17.8. The van der Waals surface area contributed by atoms with Crippen LogP contribution in [0.3, 0.4) is 0 Å². The molecule has 6 N–H and O–H groups in total. The maximum atomic E-state index is 10.8. The maximum Gasteiger partial charge on any atom is 0.335 e. The molecule has 0 saturated heterocycles. The predicted molar refractivity (Wildman–Crippen MR) is 154 cm³/mol. The van der Waals surface area contributed by atoms with E-state index >= 15 is 0 Å². The zero-order chi connectivity index (χ0) is 32.0. The molecular formula is C26H40N6O8. The molecule has 0 heterocycles. The van der Waals surface area contributed by atoms with Crippen molar-refractivity contribution in [1.29, 1.82) is 0 Å². The van der Waals surface area contributed by atoms with Gasteiger partial charge in [0.15, 0.2) is 0 Å². The molecule has 2 aromatic carbocycles. The summed E-state index contributed by atoms with van der Waals surface area (Å²) in [5.74, 6) is -2.14. The molecular weight excluding hydrogens is 524 g/mol. The van der Waals surface area contributed by atoms with Gasteiger partial charge in [-0.05, 0) is 24.3 Å². The van der Waals surface area contributed by atoms with Crippen molar-refractivity contribution < 1.29 is 39.0 Å². The zero-order valence-corrected chi connectivity index (χ0v) is 24.1. The molecule has 0 unspecified atom stereocenters. The number of carboxylic acids is 2. The van der Waals surface area contributed by atoms with Crippen LogP contribution in [0.1, 0.15) is 20.7 Å². The summed E-state index contributed by atoms with van der Waals surface area (Å²) in [6, 6.07) is 8.59. The highest BCUT2D eigenvalue weighted by Gasteiger charge is 2.12. The lowest BCUT2D eigenvalue weighted by molar-refractivity contribution is -0.116. The van der Waals surface area contributed by atoms with Gasteiger partial charge in [-0.25, -0.2) is 9.59 Å². The highest BCUT2D eigenvalue weighted by molar-refractivity contribution is 5.95. The summed E-state index contributed by atoms with van der Waals surface area (Å²) in [7, 11) is 13.5. The number of aromatic carboxylic acids is 2. The molecule has 0 atom stereocenters. The number of nitrogens with zero attached hydrogens (tertiary/aromatic N) is 4. The Morgan fingerprint density at radius 3 is 0.875 bits per heavy atom. The van der Waals surface area contributed by atoms with Gasteiger partial charge in [0.1, 0.15) is 0 Å². The monoisotopic (exact) mass is 564 g/mol. The molecule has 222 valence electrons. The third kappa shape index (κ3) is 20.0. The van der Waals surface area contributed by atoms with Crippen LogP contribution in [0.25, 0.3) is 11.1 Å². The summed E-state index contributed by atoms with van der Waals surface area (Å²) < 4.78 is 0. The lowest BCUT2D eigenvalue weighted by Crippen LogP contribution is -2.06. The first-order valence-corrected chi connectivity index (χ1v) is 11.2. The highest BCUT2D eigenvalue weighted by atomic mass is 16.4. The molecule has 0 aliphatic carbocycles. The smallest absolute Gasteiger partial charge is 0.335 e. The van der Waals surface area contributed by atoms with E-state index in [1.165, 1.54) is 43.9 Å². The van der Waals surface area contributed by atoms with Crippen LogP contribution in [0.5, 0.6) is 0 Å². The fourth-order valence-corrected chi connectivity index (χ4v) is 1.88. The van der Waals surface area contributed by atoms with Crippen molar-refractivity contribution in [3.05, 3.63) is 47.5 Å². The highest BCUT2D eigenvalue weighted by Crippen LogP contribution is 2.32. The molecule has 0 radical (unpaired) electrons. The fraction of sp³-hybridized carbons (Fsp3) is 0.308. The number of carbonyl (C=O) groups is 6. The standard InChI is InChI=1S/C14H12N2O4.4C3H7NO/c15-11-5-7(13(17)18)1-3-9(11)10-4-2-8(14(19)20)6-12(10)16;4*1-4(2)3-5/h1-6H,15-16H2,(H,17,18)(H,19,20);4*3H,1-2H3. The quantitative estimate of drug-likeness (QED) is 0.274. The molecule has 40 heavy (non-hydrogen) atoms. The van der Waals surface area contributed by atoms with Crippen LogP contribution in [0, 0.1) is 0 Å². The average molecular weight is 565 g/mol. The number of rotatable bonds is 7. The van der Waals surface area contributed by atoms with E-state index in [0.29, 0.717) is 11.1 Å². The number of anilines is 2. The second-order valence-corrected chi connectivity index (χ2v) is 8.49. The predicted octanol–water partition coefficient (Wildman–Crippen LogP) is 0.732. The SMILES string of the molecule is CN(C)C=O.CN(C)C=O.CN(C)C=O.CN(C)C=O.Nc1cc(C(=O)O)ccc1-c1ccc(C(=O)O)cc1N. The summed E-state index contributed by atoms with van der Waals surface area (Å²) in [6.45, 7) is 0. The number of carboxylic acid groups (broad SMARTS) is 2. The zero-order valence-electron chi connectivity index (χ0n) is 24.1. The molecule has 14 heteroatoms. The van der Waals surface area contributed by atoms with Crippen molar-refractivity contribution in [2.45, 2.75) is 0 Å². The summed E-state index contributed by atoms with van der Waals surface area (Å²) in [4.78, 5) is 65.2. The third-order valence-electron chi connectivity index (χ3n) is 3.73. The van der Waals surface area contributed by atoms with Crippen LogP contribution >= 0.6 is 0 Å². The summed E-state index contributed by atoms with van der Waals surface area (Å²) in [6.07, 6.45) is 3.00. The number of carbonyl (C=O) groups excluding carboxylic acids is 4. The van der Waals surface area contributed by atoms with E-state index in [-0.39, 0.29) is 22.5 Å². The number of nitrogen functional groups attached to an aromatic ring is 2. The van der Waals surface area contributed by atoms with Crippen LogP contribution in [0.15, 0.2) is 36.4 Å². The Labute approximate surface area is 234 Å². The summed E-state index contributed by atoms with van der Waals surface area (Å²) in [5.41, 5.74) is 13.4. The van der Waals surface area contributed by atoms with E-state index in [0.717, 1.165) is 25.6 Å². The Kier molecular flexibility index (Phi) is 21.6. The number of hydrogen-bond acceptors (Lipinski definition) is 8. The molecule has 14 nitrogen and oxygen atoms in total. The first-order chi connectivity index (χ1) is 18.5. The topological polar surface area (TPSA) is 208 Å². The molecule has 0 aliphatic heterocycles. The number of benzene rings is 2. The minimum absolute atomic E-state index is 0.0759. The molecule has 0 bridgehead atoms. The Morgan fingerprint density at radius 2 is 0.750 bits per heavy atom. The third-order valence-corrected chi connectivity index (χ3v) is 3.73. The summed E-state index contributed by atoms with van der Waals surface area (Å²) >= 11 is 0. The molecule has 0 fully saturated rings. The Morgan fingerprint density at radius 1 is 0.550 bits per heavy atom. The van der Waals surface area contributed by atoms with E-state index < -0.39 is 11.9 Å². The van der Waals surface area contributed by atoms with E-state index in [2.05, 4.69) is 0 Å². The van der Waals surface area contributed by atoms with E-state index in [9.17, 15) is 28.8 Å². The van der Waals surface area contributed by atoms with Crippen molar-refractivity contribution in [2.75, 3.05) is 67.8 Å². The Hall–Kier alpha value is -5.14. The molecule has 2 rings (SSSR count). The van der Waals surface area contributed by atoms with Gasteiger partial charge in [-0.3, -0.25) is 19.2 Å². The van der Waals surface area contributed by atoms with Crippen molar-refractivity contribution in [2.24, 2.45) is 0 Å². The van der Waals surface area contributed by atoms with Gasteiger partial charge in [0.05, 0.1) is 11.1 Å².